The van der Waals surface area contributed by atoms with Gasteiger partial charge in [-0.15, -0.1) is 0 Å². The number of carbonyl (C=O) groups is 1. The molecule has 1 aromatic carbocycles. The molecule has 1 aromatic rings. The molecule has 0 saturated heterocycles. The monoisotopic (exact) mass is 221 g/mol. The number of hydrogen-bond donors (Lipinski definition) is 1. The molecule has 0 spiro atoms. The number of anilines is 1. The van der Waals surface area contributed by atoms with Gasteiger partial charge in [0.1, 0.15) is 6.04 Å². The quantitative estimate of drug-likeness (QED) is 0.803. The third kappa shape index (κ3) is 2.99. The molecule has 1 rings (SSSR count). The molecule has 0 fully saturated rings. The second-order valence-electron chi connectivity index (χ2n) is 3.79. The fourth-order valence-electron chi connectivity index (χ4n) is 1.85. The van der Waals surface area contributed by atoms with Crippen LogP contribution in [-0.2, 0) is 4.79 Å². The van der Waals surface area contributed by atoms with Crippen LogP contribution in [-0.4, -0.2) is 23.7 Å². The summed E-state index contributed by atoms with van der Waals surface area (Å²) in [6.07, 6.45) is 1.56. The van der Waals surface area contributed by atoms with Crippen molar-refractivity contribution in [2.75, 3.05) is 11.4 Å². The van der Waals surface area contributed by atoms with Crippen molar-refractivity contribution in [1.29, 1.82) is 0 Å². The Morgan fingerprint density at radius 1 is 1.31 bits per heavy atom. The first-order valence-corrected chi connectivity index (χ1v) is 5.75. The zero-order valence-electron chi connectivity index (χ0n) is 9.89. The molecule has 0 bridgehead atoms. The van der Waals surface area contributed by atoms with Crippen molar-refractivity contribution in [3.8, 4) is 0 Å². The van der Waals surface area contributed by atoms with Gasteiger partial charge in [0.05, 0.1) is 0 Å². The second kappa shape index (κ2) is 6.16. The van der Waals surface area contributed by atoms with Crippen LogP contribution in [0, 0.1) is 0 Å². The first kappa shape index (κ1) is 12.6. The summed E-state index contributed by atoms with van der Waals surface area (Å²) in [6.45, 7) is 4.74. The van der Waals surface area contributed by atoms with Crippen LogP contribution in [0.3, 0.4) is 0 Å². The number of aliphatic carboxylic acids is 1. The average Bonchev–Trinajstić information content (AvgIpc) is 2.29. The molecule has 0 radical (unpaired) electrons. The molecule has 1 N–H and O–H groups in total. The standard InChI is InChI=1S/C13H19NO2/c1-3-10-14(12(4-2)13(15)16)11-8-6-5-7-9-11/h5-9,12H,3-4,10H2,1-2H3,(H,15,16)/t12-/m1/s1. The summed E-state index contributed by atoms with van der Waals surface area (Å²) in [5.41, 5.74) is 0.985. The van der Waals surface area contributed by atoms with Crippen molar-refractivity contribution in [1.82, 2.24) is 0 Å². The van der Waals surface area contributed by atoms with Crippen LogP contribution in [0.4, 0.5) is 5.69 Å². The SMILES string of the molecule is CCCN(c1ccccc1)[C@H](CC)C(=O)O. The molecule has 0 aliphatic rings. The Morgan fingerprint density at radius 2 is 1.94 bits per heavy atom. The van der Waals surface area contributed by atoms with Gasteiger partial charge in [0, 0.05) is 12.2 Å². The molecule has 1 atom stereocenters. The van der Waals surface area contributed by atoms with E-state index >= 15 is 0 Å². The molecule has 0 aliphatic carbocycles. The fourth-order valence-corrected chi connectivity index (χ4v) is 1.85. The van der Waals surface area contributed by atoms with Crippen LogP contribution in [0.1, 0.15) is 26.7 Å². The second-order valence-corrected chi connectivity index (χ2v) is 3.79. The fraction of sp³-hybridized carbons (Fsp3) is 0.462. The Balaban J connectivity index is 2.94. The van der Waals surface area contributed by atoms with E-state index in [9.17, 15) is 9.90 Å². The molecule has 0 heterocycles. The molecule has 0 saturated carbocycles. The molecule has 0 aromatic heterocycles. The lowest BCUT2D eigenvalue weighted by Gasteiger charge is -2.30. The lowest BCUT2D eigenvalue weighted by atomic mass is 10.1. The number of rotatable bonds is 6. The highest BCUT2D eigenvalue weighted by Crippen LogP contribution is 2.18. The van der Waals surface area contributed by atoms with E-state index in [0.717, 1.165) is 18.7 Å². The number of carboxylic acids is 1. The summed E-state index contributed by atoms with van der Waals surface area (Å²) >= 11 is 0. The number of hydrogen-bond acceptors (Lipinski definition) is 2. The summed E-state index contributed by atoms with van der Waals surface area (Å²) < 4.78 is 0. The van der Waals surface area contributed by atoms with Gasteiger partial charge in [-0.25, -0.2) is 4.79 Å². The van der Waals surface area contributed by atoms with Gasteiger partial charge in [0.25, 0.3) is 0 Å². The predicted molar refractivity (Wildman–Crippen MR) is 65.8 cm³/mol. The summed E-state index contributed by atoms with van der Waals surface area (Å²) in [4.78, 5) is 13.1. The Bertz CT molecular complexity index is 324. The summed E-state index contributed by atoms with van der Waals surface area (Å²) in [5.74, 6) is -0.750. The van der Waals surface area contributed by atoms with E-state index in [1.54, 1.807) is 0 Å². The zero-order chi connectivity index (χ0) is 12.0. The maximum Gasteiger partial charge on any atom is 0.326 e. The van der Waals surface area contributed by atoms with Crippen molar-refractivity contribution in [3.63, 3.8) is 0 Å². The molecule has 3 heteroatoms. The zero-order valence-corrected chi connectivity index (χ0v) is 9.89. The lowest BCUT2D eigenvalue weighted by molar-refractivity contribution is -0.138. The van der Waals surface area contributed by atoms with Crippen molar-refractivity contribution in [3.05, 3.63) is 30.3 Å². The van der Waals surface area contributed by atoms with E-state index in [1.807, 2.05) is 42.2 Å². The van der Waals surface area contributed by atoms with Crippen LogP contribution < -0.4 is 4.90 Å². The number of benzene rings is 1. The van der Waals surface area contributed by atoms with Gasteiger partial charge in [0.15, 0.2) is 0 Å². The molecule has 88 valence electrons. The first-order chi connectivity index (χ1) is 7.70. The van der Waals surface area contributed by atoms with E-state index in [0.29, 0.717) is 6.42 Å². The molecular formula is C13H19NO2. The minimum Gasteiger partial charge on any atom is -0.480 e. The highest BCUT2D eigenvalue weighted by Gasteiger charge is 2.22. The smallest absolute Gasteiger partial charge is 0.326 e. The van der Waals surface area contributed by atoms with Crippen molar-refractivity contribution in [2.45, 2.75) is 32.7 Å². The van der Waals surface area contributed by atoms with Crippen LogP contribution in [0.5, 0.6) is 0 Å². The minimum absolute atomic E-state index is 0.428. The van der Waals surface area contributed by atoms with Crippen molar-refractivity contribution >= 4 is 11.7 Å². The highest BCUT2D eigenvalue weighted by atomic mass is 16.4. The molecular weight excluding hydrogens is 202 g/mol. The number of carboxylic acid groups (broad SMARTS) is 1. The van der Waals surface area contributed by atoms with Crippen molar-refractivity contribution in [2.24, 2.45) is 0 Å². The summed E-state index contributed by atoms with van der Waals surface area (Å²) in [6, 6.07) is 9.30. The first-order valence-electron chi connectivity index (χ1n) is 5.75. The molecule has 0 amide bonds. The topological polar surface area (TPSA) is 40.5 Å². The largest absolute Gasteiger partial charge is 0.480 e. The van der Waals surface area contributed by atoms with E-state index < -0.39 is 12.0 Å². The molecule has 3 nitrogen and oxygen atoms in total. The van der Waals surface area contributed by atoms with Crippen LogP contribution in [0.2, 0.25) is 0 Å². The molecule has 0 unspecified atom stereocenters. The number of para-hydroxylation sites is 1. The normalized spacial score (nSPS) is 12.1. The van der Waals surface area contributed by atoms with Crippen LogP contribution in [0.25, 0.3) is 0 Å². The molecule has 0 aliphatic heterocycles. The maximum atomic E-state index is 11.2. The summed E-state index contributed by atoms with van der Waals surface area (Å²) in [7, 11) is 0. The molecule has 16 heavy (non-hydrogen) atoms. The van der Waals surface area contributed by atoms with E-state index in [-0.39, 0.29) is 0 Å². The average molecular weight is 221 g/mol. The Labute approximate surface area is 96.7 Å². The highest BCUT2D eigenvalue weighted by molar-refractivity contribution is 5.78. The van der Waals surface area contributed by atoms with Crippen molar-refractivity contribution < 1.29 is 9.90 Å². The van der Waals surface area contributed by atoms with Crippen LogP contribution in [0.15, 0.2) is 30.3 Å². The van der Waals surface area contributed by atoms with Gasteiger partial charge in [-0.1, -0.05) is 32.0 Å². The third-order valence-corrected chi connectivity index (χ3v) is 2.60. The predicted octanol–water partition coefficient (Wildman–Crippen LogP) is 2.77. The van der Waals surface area contributed by atoms with Gasteiger partial charge in [0.2, 0.25) is 0 Å². The van der Waals surface area contributed by atoms with Crippen LogP contribution >= 0.6 is 0 Å². The van der Waals surface area contributed by atoms with Gasteiger partial charge in [-0.2, -0.15) is 0 Å². The lowest BCUT2D eigenvalue weighted by Crippen LogP contribution is -2.41. The van der Waals surface area contributed by atoms with E-state index in [2.05, 4.69) is 6.92 Å². The van der Waals surface area contributed by atoms with E-state index in [1.165, 1.54) is 0 Å². The summed E-state index contributed by atoms with van der Waals surface area (Å²) in [5, 5.41) is 9.19. The third-order valence-electron chi connectivity index (χ3n) is 2.60. The maximum absolute atomic E-state index is 11.2. The number of nitrogens with zero attached hydrogens (tertiary/aromatic N) is 1. The Hall–Kier alpha value is -1.51. The van der Waals surface area contributed by atoms with Gasteiger partial charge in [-0.3, -0.25) is 0 Å². The van der Waals surface area contributed by atoms with Gasteiger partial charge in [-0.05, 0) is 25.0 Å². The Morgan fingerprint density at radius 3 is 2.38 bits per heavy atom. The minimum atomic E-state index is -0.750. The van der Waals surface area contributed by atoms with Gasteiger partial charge < -0.3 is 10.0 Å². The Kier molecular flexibility index (Phi) is 4.83. The van der Waals surface area contributed by atoms with Gasteiger partial charge >= 0.3 is 5.97 Å². The van der Waals surface area contributed by atoms with E-state index in [4.69, 9.17) is 0 Å².